The molecule has 7 heteroatoms. The van der Waals surface area contributed by atoms with Gasteiger partial charge in [-0.15, -0.1) is 0 Å². The van der Waals surface area contributed by atoms with E-state index in [1.54, 1.807) is 31.2 Å². The quantitative estimate of drug-likeness (QED) is 0.483. The van der Waals surface area contributed by atoms with E-state index in [-0.39, 0.29) is 29.7 Å². The molecule has 35 heavy (non-hydrogen) atoms. The van der Waals surface area contributed by atoms with Gasteiger partial charge in [0.1, 0.15) is 22.8 Å². The second-order valence-corrected chi connectivity index (χ2v) is 9.82. The van der Waals surface area contributed by atoms with Gasteiger partial charge in [-0.3, -0.25) is 9.59 Å². The molecule has 0 spiro atoms. The number of ether oxygens (including phenoxy) is 1. The van der Waals surface area contributed by atoms with Crippen LogP contribution in [0.3, 0.4) is 0 Å². The predicted octanol–water partition coefficient (Wildman–Crippen LogP) is 5.37. The fraction of sp³-hybridized carbons (Fsp3) is 0.429. The third-order valence-electron chi connectivity index (χ3n) is 7.21. The van der Waals surface area contributed by atoms with Gasteiger partial charge in [-0.1, -0.05) is 18.6 Å². The normalized spacial score (nSPS) is 20.5. The number of rotatable bonds is 6. The van der Waals surface area contributed by atoms with E-state index in [4.69, 9.17) is 9.15 Å². The van der Waals surface area contributed by atoms with Crippen LogP contribution in [-0.2, 0) is 5.60 Å². The number of amides is 1. The molecule has 0 bridgehead atoms. The van der Waals surface area contributed by atoms with E-state index in [1.807, 2.05) is 6.92 Å². The number of Topliss-reactive ketones (excluding diaryl/α,β-unsaturated/α-hetero) is 1. The van der Waals surface area contributed by atoms with Crippen molar-refractivity contribution < 1.29 is 23.1 Å². The fourth-order valence-corrected chi connectivity index (χ4v) is 5.31. The number of halogens is 1. The zero-order valence-corrected chi connectivity index (χ0v) is 20.3. The first-order valence-electron chi connectivity index (χ1n) is 12.4. The van der Waals surface area contributed by atoms with Crippen molar-refractivity contribution in [1.82, 2.24) is 10.2 Å². The molecule has 2 aliphatic rings. The highest BCUT2D eigenvalue weighted by Crippen LogP contribution is 2.44. The topological polar surface area (TPSA) is 71.8 Å². The number of likely N-dealkylation sites (tertiary alicyclic amines) is 1. The average molecular weight is 479 g/mol. The summed E-state index contributed by atoms with van der Waals surface area (Å²) in [6.07, 6.45) is 4.80. The van der Waals surface area contributed by atoms with Crippen LogP contribution in [0.2, 0.25) is 0 Å². The highest BCUT2D eigenvalue weighted by atomic mass is 19.1. The minimum atomic E-state index is -0.905. The number of furan rings is 1. The molecule has 184 valence electrons. The maximum Gasteiger partial charge on any atom is 0.287 e. The minimum Gasteiger partial charge on any atom is -0.482 e. The molecule has 1 aromatic heterocycles. The van der Waals surface area contributed by atoms with Gasteiger partial charge >= 0.3 is 0 Å². The number of aryl methyl sites for hydroxylation is 1. The summed E-state index contributed by atoms with van der Waals surface area (Å²) in [7, 11) is 0. The van der Waals surface area contributed by atoms with Crippen molar-refractivity contribution in [2.75, 3.05) is 26.2 Å². The second kappa shape index (κ2) is 9.46. The molecule has 6 nitrogen and oxygen atoms in total. The predicted molar refractivity (Wildman–Crippen MR) is 132 cm³/mol. The van der Waals surface area contributed by atoms with Crippen LogP contribution in [0.25, 0.3) is 11.0 Å². The van der Waals surface area contributed by atoms with Crippen LogP contribution >= 0.6 is 0 Å². The minimum absolute atomic E-state index is 0.0962. The second-order valence-electron chi connectivity index (χ2n) is 9.82. The Labute approximate surface area is 204 Å². The zero-order valence-electron chi connectivity index (χ0n) is 20.3. The summed E-state index contributed by atoms with van der Waals surface area (Å²) in [5.74, 6) is -0.0376. The number of carbonyl (C=O) groups is 2. The van der Waals surface area contributed by atoms with Crippen LogP contribution < -0.4 is 10.1 Å². The summed E-state index contributed by atoms with van der Waals surface area (Å²) in [4.78, 5) is 28.7. The van der Waals surface area contributed by atoms with Gasteiger partial charge in [0.15, 0.2) is 11.5 Å². The Balaban J connectivity index is 1.34. The van der Waals surface area contributed by atoms with E-state index in [0.29, 0.717) is 34.4 Å². The van der Waals surface area contributed by atoms with Crippen molar-refractivity contribution >= 4 is 22.7 Å². The SMILES string of the molecule is Cc1c(C(=O)NCCCN2CCCCC2)oc2ccc3c(c12)C(=O)CC(C)(c1ccc(F)cc1)O3. The fourth-order valence-electron chi connectivity index (χ4n) is 5.31. The molecule has 5 rings (SSSR count). The van der Waals surface area contributed by atoms with Gasteiger partial charge in [-0.05, 0) is 82.6 Å². The van der Waals surface area contributed by atoms with Crippen LogP contribution in [0.15, 0.2) is 40.8 Å². The monoisotopic (exact) mass is 478 g/mol. The molecule has 2 aromatic carbocycles. The first kappa shape index (κ1) is 23.5. The first-order valence-corrected chi connectivity index (χ1v) is 12.4. The number of hydrogen-bond acceptors (Lipinski definition) is 5. The summed E-state index contributed by atoms with van der Waals surface area (Å²) in [6.45, 7) is 7.45. The van der Waals surface area contributed by atoms with Gasteiger partial charge in [0.2, 0.25) is 0 Å². The van der Waals surface area contributed by atoms with E-state index in [9.17, 15) is 14.0 Å². The highest BCUT2D eigenvalue weighted by molar-refractivity contribution is 6.13. The van der Waals surface area contributed by atoms with Crippen LogP contribution in [0.1, 0.15) is 71.1 Å². The molecule has 1 unspecified atom stereocenters. The van der Waals surface area contributed by atoms with E-state index < -0.39 is 5.60 Å². The van der Waals surface area contributed by atoms with Crippen molar-refractivity contribution in [2.24, 2.45) is 0 Å². The Bertz CT molecular complexity index is 1260. The lowest BCUT2D eigenvalue weighted by molar-refractivity contribution is 0.0507. The maximum atomic E-state index is 13.4. The molecular formula is C28H31FN2O4. The molecule has 2 aliphatic heterocycles. The van der Waals surface area contributed by atoms with Crippen molar-refractivity contribution in [2.45, 2.75) is 51.6 Å². The van der Waals surface area contributed by atoms with Crippen LogP contribution in [-0.4, -0.2) is 42.8 Å². The Kier molecular flexibility index (Phi) is 6.36. The summed E-state index contributed by atoms with van der Waals surface area (Å²) in [5.41, 5.74) is 1.38. The Morgan fingerprint density at radius 3 is 2.60 bits per heavy atom. The smallest absolute Gasteiger partial charge is 0.287 e. The maximum absolute atomic E-state index is 13.4. The first-order chi connectivity index (χ1) is 16.9. The third-order valence-corrected chi connectivity index (χ3v) is 7.21. The number of ketones is 1. The molecule has 1 atom stereocenters. The zero-order chi connectivity index (χ0) is 24.6. The molecular weight excluding hydrogens is 447 g/mol. The van der Waals surface area contributed by atoms with Gasteiger partial charge in [0.05, 0.1) is 12.0 Å². The van der Waals surface area contributed by atoms with Gasteiger partial charge in [0.25, 0.3) is 5.91 Å². The molecule has 0 aliphatic carbocycles. The number of nitrogens with zero attached hydrogens (tertiary/aromatic N) is 1. The Morgan fingerprint density at radius 2 is 1.86 bits per heavy atom. The number of benzene rings is 2. The van der Waals surface area contributed by atoms with Crippen LogP contribution in [0, 0.1) is 12.7 Å². The lowest BCUT2D eigenvalue weighted by atomic mass is 9.84. The standard InChI is InChI=1S/C28H31FN2O4/c1-18-24-22(34-26(18)27(33)30-13-6-16-31-14-4-3-5-15-31)11-12-23-25(24)21(32)17-28(2,35-23)19-7-9-20(29)10-8-19/h7-12H,3-6,13-17H2,1-2H3,(H,30,33). The summed E-state index contributed by atoms with van der Waals surface area (Å²) >= 11 is 0. The molecule has 3 heterocycles. The molecule has 0 saturated carbocycles. The van der Waals surface area contributed by atoms with E-state index in [2.05, 4.69) is 10.2 Å². The van der Waals surface area contributed by atoms with Crippen LogP contribution in [0.4, 0.5) is 4.39 Å². The van der Waals surface area contributed by atoms with Crippen molar-refractivity contribution in [3.05, 3.63) is 64.7 Å². The van der Waals surface area contributed by atoms with Gasteiger partial charge < -0.3 is 19.4 Å². The average Bonchev–Trinajstić information content (AvgIpc) is 3.19. The third kappa shape index (κ3) is 4.57. The molecule has 1 N–H and O–H groups in total. The van der Waals surface area contributed by atoms with E-state index >= 15 is 0 Å². The molecule has 1 saturated heterocycles. The molecule has 1 fully saturated rings. The van der Waals surface area contributed by atoms with Crippen molar-refractivity contribution in [1.29, 1.82) is 0 Å². The number of piperidine rings is 1. The van der Waals surface area contributed by atoms with Gasteiger partial charge in [-0.2, -0.15) is 0 Å². The lowest BCUT2D eigenvalue weighted by Crippen LogP contribution is -2.36. The lowest BCUT2D eigenvalue weighted by Gasteiger charge is -2.35. The largest absolute Gasteiger partial charge is 0.482 e. The highest BCUT2D eigenvalue weighted by Gasteiger charge is 2.40. The Morgan fingerprint density at radius 1 is 1.11 bits per heavy atom. The number of nitrogens with one attached hydrogen (secondary N) is 1. The van der Waals surface area contributed by atoms with Gasteiger partial charge in [0, 0.05) is 17.5 Å². The summed E-state index contributed by atoms with van der Waals surface area (Å²) in [5, 5.41) is 3.58. The number of carbonyl (C=O) groups excluding carboxylic acids is 2. The summed E-state index contributed by atoms with van der Waals surface area (Å²) in [6, 6.07) is 9.46. The van der Waals surface area contributed by atoms with Crippen molar-refractivity contribution in [3.8, 4) is 5.75 Å². The number of fused-ring (bicyclic) bond motifs is 3. The van der Waals surface area contributed by atoms with E-state index in [0.717, 1.165) is 31.6 Å². The van der Waals surface area contributed by atoms with E-state index in [1.165, 1.54) is 31.4 Å². The van der Waals surface area contributed by atoms with Gasteiger partial charge in [-0.25, -0.2) is 4.39 Å². The summed E-state index contributed by atoms with van der Waals surface area (Å²) < 4.78 is 25.6. The van der Waals surface area contributed by atoms with Crippen LogP contribution in [0.5, 0.6) is 5.75 Å². The van der Waals surface area contributed by atoms with Crippen molar-refractivity contribution in [3.63, 3.8) is 0 Å². The Hall–Kier alpha value is -3.19. The molecule has 3 aromatic rings. The molecule has 1 amide bonds. The molecule has 0 radical (unpaired) electrons. The number of hydrogen-bond donors (Lipinski definition) is 1.